The van der Waals surface area contributed by atoms with Crippen LogP contribution in [0.15, 0.2) is 18.2 Å². The molecule has 0 bridgehead atoms. The highest BCUT2D eigenvalue weighted by Crippen LogP contribution is 2.46. The molecule has 116 valence electrons. The van der Waals surface area contributed by atoms with Gasteiger partial charge in [0.2, 0.25) is 0 Å². The van der Waals surface area contributed by atoms with Crippen molar-refractivity contribution in [3.8, 4) is 5.75 Å². The second-order valence-electron chi connectivity index (χ2n) is 6.95. The summed E-state index contributed by atoms with van der Waals surface area (Å²) in [5.41, 5.74) is 2.80. The van der Waals surface area contributed by atoms with Crippen LogP contribution < -0.4 is 10.2 Å². The van der Waals surface area contributed by atoms with E-state index in [1.807, 2.05) is 13.1 Å². The van der Waals surface area contributed by atoms with Gasteiger partial charge in [0.25, 0.3) is 0 Å². The summed E-state index contributed by atoms with van der Waals surface area (Å²) in [4.78, 5) is 2.44. The standard InChI is InChI=1S/C18H28N2O/c1-14(19-2)16-6-5-15(13-17(16)21)20-11-9-18(10-12-20)7-3-4-8-18/h5-6,13-14,19,21H,3-4,7-12H2,1-2H3. The molecule has 1 unspecified atom stereocenters. The highest BCUT2D eigenvalue weighted by atomic mass is 16.3. The first-order valence-corrected chi connectivity index (χ1v) is 8.39. The van der Waals surface area contributed by atoms with Crippen molar-refractivity contribution < 1.29 is 5.11 Å². The van der Waals surface area contributed by atoms with Crippen molar-refractivity contribution in [2.75, 3.05) is 25.0 Å². The lowest BCUT2D eigenvalue weighted by atomic mass is 9.77. The number of anilines is 1. The molecule has 1 spiro atoms. The average molecular weight is 288 g/mol. The molecule has 1 aliphatic carbocycles. The molecule has 3 rings (SSSR count). The van der Waals surface area contributed by atoms with Crippen LogP contribution in [-0.4, -0.2) is 25.2 Å². The van der Waals surface area contributed by atoms with Crippen molar-refractivity contribution in [1.29, 1.82) is 0 Å². The lowest BCUT2D eigenvalue weighted by molar-refractivity contribution is 0.226. The first kappa shape index (κ1) is 14.7. The molecule has 2 fully saturated rings. The summed E-state index contributed by atoms with van der Waals surface area (Å²) in [5.74, 6) is 0.413. The first-order valence-electron chi connectivity index (χ1n) is 8.39. The van der Waals surface area contributed by atoms with Gasteiger partial charge in [0.15, 0.2) is 0 Å². The van der Waals surface area contributed by atoms with E-state index in [0.717, 1.165) is 18.7 Å². The number of rotatable bonds is 3. The summed E-state index contributed by atoms with van der Waals surface area (Å²) in [7, 11) is 1.92. The molecule has 2 N–H and O–H groups in total. The zero-order valence-electron chi connectivity index (χ0n) is 13.4. The minimum Gasteiger partial charge on any atom is -0.508 e. The quantitative estimate of drug-likeness (QED) is 0.887. The summed E-state index contributed by atoms with van der Waals surface area (Å²) in [6, 6.07) is 6.35. The number of aromatic hydroxyl groups is 1. The Hall–Kier alpha value is -1.22. The lowest BCUT2D eigenvalue weighted by Crippen LogP contribution is -2.38. The second kappa shape index (κ2) is 5.88. The maximum Gasteiger partial charge on any atom is 0.122 e. The number of piperidine rings is 1. The molecule has 1 saturated carbocycles. The van der Waals surface area contributed by atoms with Gasteiger partial charge in [0.1, 0.15) is 5.75 Å². The van der Waals surface area contributed by atoms with Gasteiger partial charge in [-0.1, -0.05) is 18.9 Å². The maximum atomic E-state index is 10.3. The van der Waals surface area contributed by atoms with Crippen molar-refractivity contribution in [2.24, 2.45) is 5.41 Å². The maximum absolute atomic E-state index is 10.3. The Morgan fingerprint density at radius 2 is 1.81 bits per heavy atom. The molecule has 1 atom stereocenters. The van der Waals surface area contributed by atoms with E-state index < -0.39 is 0 Å². The van der Waals surface area contributed by atoms with Gasteiger partial charge < -0.3 is 15.3 Å². The molecular weight excluding hydrogens is 260 g/mol. The first-order chi connectivity index (χ1) is 10.1. The summed E-state index contributed by atoms with van der Waals surface area (Å²) in [6.45, 7) is 4.35. The summed E-state index contributed by atoms with van der Waals surface area (Å²) < 4.78 is 0. The Bertz CT molecular complexity index is 484. The normalized spacial score (nSPS) is 22.7. The third-order valence-electron chi connectivity index (χ3n) is 5.77. The number of nitrogens with one attached hydrogen (secondary N) is 1. The van der Waals surface area contributed by atoms with E-state index in [0.29, 0.717) is 11.2 Å². The van der Waals surface area contributed by atoms with Crippen molar-refractivity contribution in [3.05, 3.63) is 23.8 Å². The number of hydrogen-bond acceptors (Lipinski definition) is 3. The van der Waals surface area contributed by atoms with Crippen molar-refractivity contribution in [2.45, 2.75) is 51.5 Å². The number of nitrogens with zero attached hydrogens (tertiary/aromatic N) is 1. The van der Waals surface area contributed by atoms with E-state index in [1.54, 1.807) is 0 Å². The molecule has 21 heavy (non-hydrogen) atoms. The van der Waals surface area contributed by atoms with Crippen LogP contribution in [0.25, 0.3) is 0 Å². The molecule has 1 aromatic carbocycles. The van der Waals surface area contributed by atoms with Crippen LogP contribution in [0.4, 0.5) is 5.69 Å². The molecule has 0 radical (unpaired) electrons. The monoisotopic (exact) mass is 288 g/mol. The van der Waals surface area contributed by atoms with E-state index in [1.165, 1.54) is 44.2 Å². The Morgan fingerprint density at radius 3 is 2.38 bits per heavy atom. The van der Waals surface area contributed by atoms with Gasteiger partial charge in [0.05, 0.1) is 0 Å². The van der Waals surface area contributed by atoms with Crippen LogP contribution in [0, 0.1) is 5.41 Å². The van der Waals surface area contributed by atoms with E-state index in [4.69, 9.17) is 0 Å². The van der Waals surface area contributed by atoms with Gasteiger partial charge in [-0.05, 0) is 51.1 Å². The topological polar surface area (TPSA) is 35.5 Å². The number of hydrogen-bond donors (Lipinski definition) is 2. The molecule has 1 saturated heterocycles. The molecule has 0 amide bonds. The van der Waals surface area contributed by atoms with Gasteiger partial charge in [0, 0.05) is 36.4 Å². The molecule has 0 aromatic heterocycles. The van der Waals surface area contributed by atoms with Crippen LogP contribution in [0.5, 0.6) is 5.75 Å². The predicted molar refractivity (Wildman–Crippen MR) is 87.9 cm³/mol. The Balaban J connectivity index is 1.69. The van der Waals surface area contributed by atoms with E-state index in [2.05, 4.69) is 29.3 Å². The SMILES string of the molecule is CNC(C)c1ccc(N2CCC3(CCCC3)CC2)cc1O. The predicted octanol–water partition coefficient (Wildman–Crippen LogP) is 3.83. The summed E-state index contributed by atoms with van der Waals surface area (Å²) in [6.07, 6.45) is 8.37. The van der Waals surface area contributed by atoms with Crippen LogP contribution in [0.1, 0.15) is 57.1 Å². The molecule has 1 aromatic rings. The van der Waals surface area contributed by atoms with Gasteiger partial charge in [-0.2, -0.15) is 0 Å². The molecule has 3 heteroatoms. The highest BCUT2D eigenvalue weighted by molar-refractivity contribution is 5.54. The molecule has 2 aliphatic rings. The molecular formula is C18H28N2O. The fourth-order valence-electron chi connectivity index (χ4n) is 4.11. The minimum atomic E-state index is 0.183. The summed E-state index contributed by atoms with van der Waals surface area (Å²) in [5, 5.41) is 13.4. The van der Waals surface area contributed by atoms with Gasteiger partial charge >= 0.3 is 0 Å². The fraction of sp³-hybridized carbons (Fsp3) is 0.667. The largest absolute Gasteiger partial charge is 0.508 e. The second-order valence-corrected chi connectivity index (χ2v) is 6.95. The van der Waals surface area contributed by atoms with Gasteiger partial charge in [-0.3, -0.25) is 0 Å². The number of phenols is 1. The third kappa shape index (κ3) is 2.89. The van der Waals surface area contributed by atoms with Crippen LogP contribution in [0.2, 0.25) is 0 Å². The zero-order chi connectivity index (χ0) is 14.9. The van der Waals surface area contributed by atoms with Gasteiger partial charge in [-0.25, -0.2) is 0 Å². The Labute approximate surface area is 128 Å². The zero-order valence-corrected chi connectivity index (χ0v) is 13.4. The van der Waals surface area contributed by atoms with Gasteiger partial charge in [-0.15, -0.1) is 0 Å². The van der Waals surface area contributed by atoms with Crippen molar-refractivity contribution in [1.82, 2.24) is 5.32 Å². The summed E-state index contributed by atoms with van der Waals surface area (Å²) >= 11 is 0. The molecule has 3 nitrogen and oxygen atoms in total. The lowest BCUT2D eigenvalue weighted by Gasteiger charge is -2.40. The number of benzene rings is 1. The van der Waals surface area contributed by atoms with E-state index in [-0.39, 0.29) is 6.04 Å². The van der Waals surface area contributed by atoms with Crippen molar-refractivity contribution in [3.63, 3.8) is 0 Å². The smallest absolute Gasteiger partial charge is 0.122 e. The van der Waals surface area contributed by atoms with Crippen LogP contribution in [-0.2, 0) is 0 Å². The van der Waals surface area contributed by atoms with Crippen molar-refractivity contribution >= 4 is 5.69 Å². The molecule has 1 heterocycles. The van der Waals surface area contributed by atoms with Crippen LogP contribution in [0.3, 0.4) is 0 Å². The highest BCUT2D eigenvalue weighted by Gasteiger charge is 2.36. The number of phenolic OH excluding ortho intramolecular Hbond substituents is 1. The molecule has 1 aliphatic heterocycles. The van der Waals surface area contributed by atoms with E-state index in [9.17, 15) is 5.11 Å². The third-order valence-corrected chi connectivity index (χ3v) is 5.77. The van der Waals surface area contributed by atoms with Crippen LogP contribution >= 0.6 is 0 Å². The Morgan fingerprint density at radius 1 is 1.14 bits per heavy atom. The minimum absolute atomic E-state index is 0.183. The average Bonchev–Trinajstić information content (AvgIpc) is 2.95. The fourth-order valence-corrected chi connectivity index (χ4v) is 4.11. The van der Waals surface area contributed by atoms with E-state index >= 15 is 0 Å². The Kier molecular flexibility index (Phi) is 4.12.